The molecule has 0 atom stereocenters. The Kier molecular flexibility index (Phi) is 6.04. The number of aromatic nitrogens is 4. The second-order valence-electron chi connectivity index (χ2n) is 4.20. The van der Waals surface area contributed by atoms with Crippen molar-refractivity contribution in [2.45, 2.75) is 13.8 Å². The molecule has 6 nitrogen and oxygen atoms in total. The van der Waals surface area contributed by atoms with Crippen LogP contribution in [0.4, 0.5) is 0 Å². The third-order valence-electron chi connectivity index (χ3n) is 2.64. The molecular weight excluding hydrogens is 280 g/mol. The van der Waals surface area contributed by atoms with Crippen molar-refractivity contribution in [2.75, 3.05) is 13.2 Å². The van der Waals surface area contributed by atoms with E-state index in [1.807, 2.05) is 38.1 Å². The smallest absolute Gasteiger partial charge is 0.113 e. The van der Waals surface area contributed by atoms with Gasteiger partial charge in [0.25, 0.3) is 0 Å². The van der Waals surface area contributed by atoms with E-state index in [1.165, 1.54) is 0 Å². The zero-order chi connectivity index (χ0) is 15.6. The van der Waals surface area contributed by atoms with Crippen molar-refractivity contribution >= 4 is 12.2 Å². The van der Waals surface area contributed by atoms with Crippen LogP contribution in [0.2, 0.25) is 0 Å². The van der Waals surface area contributed by atoms with E-state index in [0.29, 0.717) is 24.6 Å². The van der Waals surface area contributed by atoms with E-state index < -0.39 is 0 Å². The van der Waals surface area contributed by atoms with E-state index in [2.05, 4.69) is 20.4 Å². The van der Waals surface area contributed by atoms with Gasteiger partial charge >= 0.3 is 0 Å². The van der Waals surface area contributed by atoms with Crippen LogP contribution in [0.25, 0.3) is 23.5 Å². The molecule has 0 aliphatic carbocycles. The lowest BCUT2D eigenvalue weighted by molar-refractivity contribution is 0.272. The van der Waals surface area contributed by atoms with Crippen molar-refractivity contribution < 1.29 is 9.47 Å². The molecule has 2 rings (SSSR count). The van der Waals surface area contributed by atoms with Crippen molar-refractivity contribution in [3.63, 3.8) is 0 Å². The maximum atomic E-state index is 5.12. The van der Waals surface area contributed by atoms with Crippen molar-refractivity contribution in [2.24, 2.45) is 0 Å². The zero-order valence-electron chi connectivity index (χ0n) is 12.6. The van der Waals surface area contributed by atoms with Crippen LogP contribution in [-0.4, -0.2) is 33.6 Å². The summed E-state index contributed by atoms with van der Waals surface area (Å²) in [6.45, 7) is 5.10. The lowest BCUT2D eigenvalue weighted by Gasteiger charge is -2.00. The van der Waals surface area contributed by atoms with E-state index in [4.69, 9.17) is 9.47 Å². The second kappa shape index (κ2) is 8.51. The highest BCUT2D eigenvalue weighted by Crippen LogP contribution is 2.13. The third kappa shape index (κ3) is 4.66. The molecule has 0 amide bonds. The molecule has 0 bridgehead atoms. The van der Waals surface area contributed by atoms with Gasteiger partial charge in [0.05, 0.1) is 37.1 Å². The highest BCUT2D eigenvalue weighted by atomic mass is 16.5. The van der Waals surface area contributed by atoms with Crippen molar-refractivity contribution in [3.05, 3.63) is 48.2 Å². The highest BCUT2D eigenvalue weighted by Gasteiger charge is 2.02. The van der Waals surface area contributed by atoms with Gasteiger partial charge in [0.15, 0.2) is 0 Å². The highest BCUT2D eigenvalue weighted by molar-refractivity contribution is 5.56. The van der Waals surface area contributed by atoms with Crippen LogP contribution < -0.4 is 0 Å². The maximum Gasteiger partial charge on any atom is 0.113 e. The standard InChI is InChI=1S/C16H18N4O2/c1-3-21-11-9-13-5-7-15(19-17-13)16-8-6-14(18-20-16)10-12-22-4-2/h5-12H,3-4H2,1-2H3/b11-9+,12-10+. The molecule has 0 aliphatic heterocycles. The molecule has 2 aromatic rings. The molecular formula is C16H18N4O2. The lowest BCUT2D eigenvalue weighted by atomic mass is 10.2. The summed E-state index contributed by atoms with van der Waals surface area (Å²) in [6, 6.07) is 7.39. The molecule has 0 fully saturated rings. The fourth-order valence-corrected chi connectivity index (χ4v) is 1.56. The predicted octanol–water partition coefficient (Wildman–Crippen LogP) is 2.95. The van der Waals surface area contributed by atoms with Gasteiger partial charge in [-0.05, 0) is 38.1 Å². The van der Waals surface area contributed by atoms with Crippen molar-refractivity contribution in [3.8, 4) is 11.4 Å². The summed E-state index contributed by atoms with van der Waals surface area (Å²) in [5.41, 5.74) is 2.78. The molecule has 0 aromatic carbocycles. The molecule has 6 heteroatoms. The van der Waals surface area contributed by atoms with Crippen LogP contribution in [0.15, 0.2) is 36.8 Å². The summed E-state index contributed by atoms with van der Waals surface area (Å²) in [5.74, 6) is 0. The summed E-state index contributed by atoms with van der Waals surface area (Å²) < 4.78 is 10.2. The van der Waals surface area contributed by atoms with Gasteiger partial charge in [0.2, 0.25) is 0 Å². The van der Waals surface area contributed by atoms with Crippen molar-refractivity contribution in [1.82, 2.24) is 20.4 Å². The molecule has 0 aliphatic rings. The molecule has 114 valence electrons. The van der Waals surface area contributed by atoms with Crippen LogP contribution in [0, 0.1) is 0 Å². The predicted molar refractivity (Wildman–Crippen MR) is 84.4 cm³/mol. The molecule has 0 N–H and O–H groups in total. The Balaban J connectivity index is 2.05. The van der Waals surface area contributed by atoms with Gasteiger partial charge in [-0.3, -0.25) is 0 Å². The minimum Gasteiger partial charge on any atom is -0.501 e. The first-order valence-corrected chi connectivity index (χ1v) is 7.07. The third-order valence-corrected chi connectivity index (χ3v) is 2.64. The molecule has 2 heterocycles. The monoisotopic (exact) mass is 298 g/mol. The largest absolute Gasteiger partial charge is 0.501 e. The van der Waals surface area contributed by atoms with Crippen LogP contribution >= 0.6 is 0 Å². The first kappa shape index (κ1) is 15.6. The lowest BCUT2D eigenvalue weighted by Crippen LogP contribution is -1.95. The van der Waals surface area contributed by atoms with E-state index in [-0.39, 0.29) is 0 Å². The summed E-state index contributed by atoms with van der Waals surface area (Å²) in [5, 5.41) is 16.4. The van der Waals surface area contributed by atoms with Gasteiger partial charge in [0, 0.05) is 12.2 Å². The summed E-state index contributed by atoms with van der Waals surface area (Å²) in [6.07, 6.45) is 6.72. The Hall–Kier alpha value is -2.76. The van der Waals surface area contributed by atoms with Gasteiger partial charge in [-0.15, -0.1) is 10.2 Å². The Bertz CT molecular complexity index is 564. The van der Waals surface area contributed by atoms with Gasteiger partial charge in [-0.2, -0.15) is 10.2 Å². The maximum absolute atomic E-state index is 5.12. The van der Waals surface area contributed by atoms with Crippen LogP contribution in [0.5, 0.6) is 0 Å². The van der Waals surface area contributed by atoms with Gasteiger partial charge < -0.3 is 9.47 Å². The average Bonchev–Trinajstić information content (AvgIpc) is 2.57. The minimum absolute atomic E-state index is 0.627. The van der Waals surface area contributed by atoms with Gasteiger partial charge in [-0.25, -0.2) is 0 Å². The summed E-state index contributed by atoms with van der Waals surface area (Å²) >= 11 is 0. The van der Waals surface area contributed by atoms with Crippen LogP contribution in [0.3, 0.4) is 0 Å². The Morgan fingerprint density at radius 1 is 0.727 bits per heavy atom. The Labute approximate surface area is 129 Å². The Morgan fingerprint density at radius 2 is 1.18 bits per heavy atom. The number of hydrogen-bond donors (Lipinski definition) is 0. The fourth-order valence-electron chi connectivity index (χ4n) is 1.56. The van der Waals surface area contributed by atoms with Crippen LogP contribution in [-0.2, 0) is 9.47 Å². The van der Waals surface area contributed by atoms with E-state index >= 15 is 0 Å². The summed E-state index contributed by atoms with van der Waals surface area (Å²) in [4.78, 5) is 0. The summed E-state index contributed by atoms with van der Waals surface area (Å²) in [7, 11) is 0. The number of nitrogens with zero attached hydrogens (tertiary/aromatic N) is 4. The average molecular weight is 298 g/mol. The zero-order valence-corrected chi connectivity index (χ0v) is 12.6. The first-order valence-electron chi connectivity index (χ1n) is 7.07. The number of ether oxygens (including phenoxy) is 2. The molecule has 0 unspecified atom stereocenters. The fraction of sp³-hybridized carbons (Fsp3) is 0.250. The number of hydrogen-bond acceptors (Lipinski definition) is 6. The quantitative estimate of drug-likeness (QED) is 0.732. The second-order valence-corrected chi connectivity index (χ2v) is 4.20. The molecule has 2 aromatic heterocycles. The molecule has 0 spiro atoms. The molecule has 0 radical (unpaired) electrons. The normalized spacial score (nSPS) is 11.2. The Morgan fingerprint density at radius 3 is 1.50 bits per heavy atom. The topological polar surface area (TPSA) is 70.0 Å². The van der Waals surface area contributed by atoms with Crippen LogP contribution in [0.1, 0.15) is 25.2 Å². The van der Waals surface area contributed by atoms with Gasteiger partial charge in [0.1, 0.15) is 11.4 Å². The SMILES string of the molecule is CCO/C=C/c1ccc(-c2ccc(/C=C/OCC)nn2)nn1. The first-order chi connectivity index (χ1) is 10.8. The minimum atomic E-state index is 0.627. The van der Waals surface area contributed by atoms with E-state index in [0.717, 1.165) is 11.4 Å². The number of rotatable bonds is 7. The van der Waals surface area contributed by atoms with Crippen molar-refractivity contribution in [1.29, 1.82) is 0 Å². The van der Waals surface area contributed by atoms with Gasteiger partial charge in [-0.1, -0.05) is 0 Å². The van der Waals surface area contributed by atoms with E-state index in [9.17, 15) is 0 Å². The molecule has 0 saturated heterocycles. The molecule has 22 heavy (non-hydrogen) atoms. The molecule has 0 saturated carbocycles. The van der Waals surface area contributed by atoms with E-state index in [1.54, 1.807) is 24.7 Å².